The van der Waals surface area contributed by atoms with Crippen molar-refractivity contribution in [2.45, 2.75) is 31.3 Å². The minimum Gasteiger partial charge on any atom is -0.370 e. The van der Waals surface area contributed by atoms with Gasteiger partial charge in [0.1, 0.15) is 5.60 Å². The molecule has 0 aliphatic heterocycles. The maximum absolute atomic E-state index is 12.5. The number of Topliss-reactive ketones (excluding diaryl/α,β-unsaturated/α-hetero) is 1. The van der Waals surface area contributed by atoms with E-state index < -0.39 is 5.60 Å². The van der Waals surface area contributed by atoms with Crippen molar-refractivity contribution in [1.29, 1.82) is 0 Å². The average molecular weight is 273 g/mol. The second-order valence-electron chi connectivity index (χ2n) is 4.34. The largest absolute Gasteiger partial charge is 0.370 e. The van der Waals surface area contributed by atoms with Gasteiger partial charge in [0.2, 0.25) is 0 Å². The summed E-state index contributed by atoms with van der Waals surface area (Å²) in [6, 6.07) is 5.12. The first-order valence-electron chi connectivity index (χ1n) is 5.65. The molecule has 0 atom stereocenters. The number of hydrogen-bond acceptors (Lipinski definition) is 2. The van der Waals surface area contributed by atoms with Gasteiger partial charge in [0, 0.05) is 12.7 Å². The molecule has 0 radical (unpaired) electrons. The van der Waals surface area contributed by atoms with Gasteiger partial charge >= 0.3 is 0 Å². The van der Waals surface area contributed by atoms with Crippen molar-refractivity contribution in [2.24, 2.45) is 0 Å². The standard InChI is InChI=1S/C13H14Cl2O2/c1-17-13(7-2-3-8-13)12(16)9-5-4-6-10(14)11(9)15/h4-6H,2-3,7-8H2,1H3. The molecule has 17 heavy (non-hydrogen) atoms. The Morgan fingerprint density at radius 1 is 1.29 bits per heavy atom. The van der Waals surface area contributed by atoms with Crippen LogP contribution in [0.1, 0.15) is 36.0 Å². The Kier molecular flexibility index (Phi) is 3.76. The van der Waals surface area contributed by atoms with Gasteiger partial charge < -0.3 is 4.74 Å². The fourth-order valence-electron chi connectivity index (χ4n) is 2.39. The summed E-state index contributed by atoms with van der Waals surface area (Å²) in [6.07, 6.45) is 3.53. The number of ketones is 1. The molecule has 2 rings (SSSR count). The number of rotatable bonds is 3. The third kappa shape index (κ3) is 2.22. The molecule has 0 N–H and O–H groups in total. The zero-order valence-electron chi connectivity index (χ0n) is 9.63. The van der Waals surface area contributed by atoms with Crippen LogP contribution in [0.5, 0.6) is 0 Å². The van der Waals surface area contributed by atoms with Crippen LogP contribution in [0, 0.1) is 0 Å². The van der Waals surface area contributed by atoms with E-state index in [1.807, 2.05) is 0 Å². The highest BCUT2D eigenvalue weighted by Crippen LogP contribution is 2.38. The molecule has 1 fully saturated rings. The van der Waals surface area contributed by atoms with Gasteiger partial charge in [-0.05, 0) is 37.8 Å². The molecule has 0 heterocycles. The zero-order valence-corrected chi connectivity index (χ0v) is 11.1. The Hall–Kier alpha value is -0.570. The Morgan fingerprint density at radius 3 is 2.53 bits per heavy atom. The van der Waals surface area contributed by atoms with Gasteiger partial charge in [-0.2, -0.15) is 0 Å². The van der Waals surface area contributed by atoms with E-state index >= 15 is 0 Å². The Morgan fingerprint density at radius 2 is 1.94 bits per heavy atom. The van der Waals surface area contributed by atoms with Crippen molar-refractivity contribution >= 4 is 29.0 Å². The van der Waals surface area contributed by atoms with E-state index in [0.29, 0.717) is 15.6 Å². The van der Waals surface area contributed by atoms with Crippen LogP contribution in [0.4, 0.5) is 0 Å². The quantitative estimate of drug-likeness (QED) is 0.774. The van der Waals surface area contributed by atoms with Crippen molar-refractivity contribution in [1.82, 2.24) is 0 Å². The monoisotopic (exact) mass is 272 g/mol. The Labute approximate surface area is 111 Å². The fraction of sp³-hybridized carbons (Fsp3) is 0.462. The summed E-state index contributed by atoms with van der Waals surface area (Å²) in [5.74, 6) is -0.0509. The highest BCUT2D eigenvalue weighted by Gasteiger charge is 2.42. The van der Waals surface area contributed by atoms with Crippen LogP contribution in [0.15, 0.2) is 18.2 Å². The van der Waals surface area contributed by atoms with Gasteiger partial charge in [-0.3, -0.25) is 4.79 Å². The molecule has 0 saturated heterocycles. The van der Waals surface area contributed by atoms with Gasteiger partial charge in [0.15, 0.2) is 5.78 Å². The summed E-state index contributed by atoms with van der Waals surface area (Å²) in [4.78, 5) is 12.5. The summed E-state index contributed by atoms with van der Waals surface area (Å²) in [5.41, 5.74) is -0.239. The number of methoxy groups -OCH3 is 1. The second-order valence-corrected chi connectivity index (χ2v) is 5.12. The summed E-state index contributed by atoms with van der Waals surface area (Å²) >= 11 is 12.0. The van der Waals surface area contributed by atoms with Crippen molar-refractivity contribution < 1.29 is 9.53 Å². The van der Waals surface area contributed by atoms with Gasteiger partial charge in [0.05, 0.1) is 10.0 Å². The number of hydrogen-bond donors (Lipinski definition) is 0. The number of benzene rings is 1. The van der Waals surface area contributed by atoms with E-state index in [0.717, 1.165) is 25.7 Å². The number of ether oxygens (including phenoxy) is 1. The molecular formula is C13H14Cl2O2. The van der Waals surface area contributed by atoms with Gasteiger partial charge in [0.25, 0.3) is 0 Å². The molecule has 0 amide bonds. The van der Waals surface area contributed by atoms with Crippen molar-refractivity contribution in [3.8, 4) is 0 Å². The molecule has 1 aliphatic rings. The lowest BCUT2D eigenvalue weighted by Gasteiger charge is -2.26. The lowest BCUT2D eigenvalue weighted by atomic mass is 9.91. The molecule has 1 saturated carbocycles. The highest BCUT2D eigenvalue weighted by atomic mass is 35.5. The first-order valence-corrected chi connectivity index (χ1v) is 6.40. The SMILES string of the molecule is COC1(C(=O)c2cccc(Cl)c2Cl)CCCC1. The van der Waals surface area contributed by atoms with E-state index in [4.69, 9.17) is 27.9 Å². The van der Waals surface area contributed by atoms with Gasteiger partial charge in [-0.15, -0.1) is 0 Å². The van der Waals surface area contributed by atoms with Crippen molar-refractivity contribution in [3.63, 3.8) is 0 Å². The zero-order chi connectivity index (χ0) is 12.5. The molecule has 4 heteroatoms. The third-order valence-corrected chi connectivity index (χ3v) is 4.23. The maximum atomic E-state index is 12.5. The Bertz CT molecular complexity index is 437. The molecule has 0 bridgehead atoms. The van der Waals surface area contributed by atoms with Crippen LogP contribution < -0.4 is 0 Å². The lowest BCUT2D eigenvalue weighted by molar-refractivity contribution is 0.00603. The van der Waals surface area contributed by atoms with Crippen LogP contribution in [0.2, 0.25) is 10.0 Å². The summed E-state index contributed by atoms with van der Waals surface area (Å²) < 4.78 is 5.46. The first kappa shape index (κ1) is 12.9. The predicted molar refractivity (Wildman–Crippen MR) is 69.0 cm³/mol. The number of carbonyl (C=O) groups is 1. The molecule has 0 spiro atoms. The van der Waals surface area contributed by atoms with Crippen molar-refractivity contribution in [3.05, 3.63) is 33.8 Å². The van der Waals surface area contributed by atoms with Crippen LogP contribution in [0.3, 0.4) is 0 Å². The van der Waals surface area contributed by atoms with Crippen LogP contribution in [-0.2, 0) is 4.74 Å². The van der Waals surface area contributed by atoms with Crippen LogP contribution in [0.25, 0.3) is 0 Å². The third-order valence-electron chi connectivity index (χ3n) is 3.41. The van der Waals surface area contributed by atoms with Crippen molar-refractivity contribution in [2.75, 3.05) is 7.11 Å². The molecular weight excluding hydrogens is 259 g/mol. The molecule has 0 unspecified atom stereocenters. The smallest absolute Gasteiger partial charge is 0.196 e. The number of carbonyl (C=O) groups excluding carboxylic acids is 1. The van der Waals surface area contributed by atoms with E-state index in [1.54, 1.807) is 25.3 Å². The molecule has 1 aromatic carbocycles. The average Bonchev–Trinajstić information content (AvgIpc) is 2.82. The first-order chi connectivity index (χ1) is 8.10. The number of halogens is 2. The predicted octanol–water partition coefficient (Wildman–Crippen LogP) is 4.14. The minimum atomic E-state index is -0.700. The normalized spacial score (nSPS) is 18.3. The highest BCUT2D eigenvalue weighted by molar-refractivity contribution is 6.44. The molecule has 1 aliphatic carbocycles. The second kappa shape index (κ2) is 4.97. The molecule has 0 aromatic heterocycles. The van der Waals surface area contributed by atoms with Crippen LogP contribution >= 0.6 is 23.2 Å². The maximum Gasteiger partial charge on any atom is 0.196 e. The summed E-state index contributed by atoms with van der Waals surface area (Å²) in [6.45, 7) is 0. The van der Waals surface area contributed by atoms with E-state index in [9.17, 15) is 4.79 Å². The summed E-state index contributed by atoms with van der Waals surface area (Å²) in [5, 5.41) is 0.726. The van der Waals surface area contributed by atoms with Crippen LogP contribution in [-0.4, -0.2) is 18.5 Å². The topological polar surface area (TPSA) is 26.3 Å². The minimum absolute atomic E-state index is 0.0509. The fourth-order valence-corrected chi connectivity index (χ4v) is 2.78. The van der Waals surface area contributed by atoms with E-state index in [-0.39, 0.29) is 5.78 Å². The molecule has 2 nitrogen and oxygen atoms in total. The van der Waals surface area contributed by atoms with Gasteiger partial charge in [-0.25, -0.2) is 0 Å². The summed E-state index contributed by atoms with van der Waals surface area (Å²) in [7, 11) is 1.58. The van der Waals surface area contributed by atoms with E-state index in [1.165, 1.54) is 0 Å². The molecule has 1 aromatic rings. The molecule has 92 valence electrons. The lowest BCUT2D eigenvalue weighted by Crippen LogP contribution is -2.37. The van der Waals surface area contributed by atoms with Gasteiger partial charge in [-0.1, -0.05) is 29.3 Å². The Balaban J connectivity index is 2.39. The van der Waals surface area contributed by atoms with E-state index in [2.05, 4.69) is 0 Å².